The lowest BCUT2D eigenvalue weighted by atomic mass is 9.93. The Balaban J connectivity index is 2.00. The number of carbonyl (C=O) groups is 1. The number of amides is 1. The average Bonchev–Trinajstić information content (AvgIpc) is 2.95. The number of aryl methyl sites for hydroxylation is 1. The molecule has 1 atom stereocenters. The van der Waals surface area contributed by atoms with Gasteiger partial charge in [0.25, 0.3) is 0 Å². The minimum Gasteiger partial charge on any atom is -0.348 e. The molecule has 0 spiro atoms. The van der Waals surface area contributed by atoms with Gasteiger partial charge in [-0.1, -0.05) is 63.7 Å². The van der Waals surface area contributed by atoms with Crippen LogP contribution >= 0.6 is 11.8 Å². The minimum absolute atomic E-state index is 0.00892. The monoisotopic (exact) mass is 346 g/mol. The third kappa shape index (κ3) is 4.84. The topological polar surface area (TPSA) is 59.8 Å². The van der Waals surface area contributed by atoms with Crippen LogP contribution < -0.4 is 5.32 Å². The predicted octanol–water partition coefficient (Wildman–Crippen LogP) is 3.54. The summed E-state index contributed by atoms with van der Waals surface area (Å²) in [6.07, 6.45) is 1.63. The highest BCUT2D eigenvalue weighted by atomic mass is 32.2. The van der Waals surface area contributed by atoms with Crippen LogP contribution in [0, 0.1) is 5.92 Å². The lowest BCUT2D eigenvalue weighted by Gasteiger charge is -2.23. The first kappa shape index (κ1) is 18.5. The van der Waals surface area contributed by atoms with Crippen LogP contribution in [0.4, 0.5) is 0 Å². The first-order valence-electron chi connectivity index (χ1n) is 8.24. The second-order valence-corrected chi connectivity index (χ2v) is 7.57. The largest absolute Gasteiger partial charge is 0.348 e. The van der Waals surface area contributed by atoms with Crippen molar-refractivity contribution in [2.75, 3.05) is 5.75 Å². The van der Waals surface area contributed by atoms with E-state index in [2.05, 4.69) is 67.5 Å². The molecule has 5 nitrogen and oxygen atoms in total. The number of rotatable bonds is 7. The van der Waals surface area contributed by atoms with Gasteiger partial charge >= 0.3 is 0 Å². The van der Waals surface area contributed by atoms with Crippen molar-refractivity contribution in [2.24, 2.45) is 13.0 Å². The molecule has 1 aromatic carbocycles. The minimum atomic E-state index is 0.00892. The van der Waals surface area contributed by atoms with E-state index in [1.54, 1.807) is 6.33 Å². The molecular formula is C18H26N4OS. The summed E-state index contributed by atoms with van der Waals surface area (Å²) in [7, 11) is 1.87. The molecule has 2 aromatic rings. The fourth-order valence-corrected chi connectivity index (χ4v) is 3.17. The predicted molar refractivity (Wildman–Crippen MR) is 98.0 cm³/mol. The summed E-state index contributed by atoms with van der Waals surface area (Å²) in [4.78, 5) is 12.3. The maximum Gasteiger partial charge on any atom is 0.230 e. The molecule has 0 saturated heterocycles. The molecule has 2 rings (SSSR count). The summed E-state index contributed by atoms with van der Waals surface area (Å²) in [5.41, 5.74) is 2.46. The van der Waals surface area contributed by atoms with Crippen molar-refractivity contribution in [1.82, 2.24) is 20.1 Å². The highest BCUT2D eigenvalue weighted by Crippen LogP contribution is 2.24. The summed E-state index contributed by atoms with van der Waals surface area (Å²) in [6, 6.07) is 8.55. The van der Waals surface area contributed by atoms with Gasteiger partial charge in [0.05, 0.1) is 11.8 Å². The lowest BCUT2D eigenvalue weighted by molar-refractivity contribution is -0.119. The molecule has 0 saturated carbocycles. The Bertz CT molecular complexity index is 664. The SMILES string of the molecule is CC(C)c1ccc([C@H](NC(=O)CSc2nncn2C)C(C)C)cc1. The molecule has 130 valence electrons. The van der Waals surface area contributed by atoms with E-state index in [0.29, 0.717) is 17.6 Å². The number of nitrogens with one attached hydrogen (secondary N) is 1. The van der Waals surface area contributed by atoms with Gasteiger partial charge < -0.3 is 9.88 Å². The Labute approximate surface area is 148 Å². The molecular weight excluding hydrogens is 320 g/mol. The second-order valence-electron chi connectivity index (χ2n) is 6.62. The molecule has 0 bridgehead atoms. The van der Waals surface area contributed by atoms with Crippen LogP contribution in [0.25, 0.3) is 0 Å². The van der Waals surface area contributed by atoms with E-state index >= 15 is 0 Å². The van der Waals surface area contributed by atoms with Crippen LogP contribution in [0.15, 0.2) is 35.7 Å². The molecule has 0 unspecified atom stereocenters. The number of thioether (sulfide) groups is 1. The van der Waals surface area contributed by atoms with Crippen LogP contribution in [0.2, 0.25) is 0 Å². The molecule has 1 aromatic heterocycles. The first-order chi connectivity index (χ1) is 11.4. The highest BCUT2D eigenvalue weighted by molar-refractivity contribution is 7.99. The van der Waals surface area contributed by atoms with Crippen molar-refractivity contribution in [3.8, 4) is 0 Å². The van der Waals surface area contributed by atoms with Gasteiger partial charge in [0, 0.05) is 7.05 Å². The smallest absolute Gasteiger partial charge is 0.230 e. The number of benzene rings is 1. The van der Waals surface area contributed by atoms with Crippen molar-refractivity contribution in [3.63, 3.8) is 0 Å². The van der Waals surface area contributed by atoms with Crippen molar-refractivity contribution in [3.05, 3.63) is 41.7 Å². The summed E-state index contributed by atoms with van der Waals surface area (Å²) in [5, 5.41) is 11.7. The van der Waals surface area contributed by atoms with Gasteiger partial charge in [-0.25, -0.2) is 0 Å². The summed E-state index contributed by atoms with van der Waals surface area (Å²) in [6.45, 7) is 8.61. The Morgan fingerprint density at radius 3 is 2.29 bits per heavy atom. The fraction of sp³-hybridized carbons (Fsp3) is 0.500. The number of hydrogen-bond donors (Lipinski definition) is 1. The summed E-state index contributed by atoms with van der Waals surface area (Å²) in [5.74, 6) is 1.17. The van der Waals surface area contributed by atoms with Gasteiger partial charge in [0.1, 0.15) is 6.33 Å². The third-order valence-electron chi connectivity index (χ3n) is 3.95. The molecule has 0 aliphatic rings. The van der Waals surface area contributed by atoms with Gasteiger partial charge in [-0.05, 0) is 23.0 Å². The number of aromatic nitrogens is 3. The van der Waals surface area contributed by atoms with Crippen LogP contribution in [-0.2, 0) is 11.8 Å². The van der Waals surface area contributed by atoms with Gasteiger partial charge in [-0.15, -0.1) is 10.2 Å². The van der Waals surface area contributed by atoms with E-state index < -0.39 is 0 Å². The molecule has 0 aliphatic heterocycles. The van der Waals surface area contributed by atoms with Gasteiger partial charge in [-0.2, -0.15) is 0 Å². The Morgan fingerprint density at radius 2 is 1.79 bits per heavy atom. The quantitative estimate of drug-likeness (QED) is 0.779. The van der Waals surface area contributed by atoms with E-state index in [-0.39, 0.29) is 11.9 Å². The van der Waals surface area contributed by atoms with Crippen LogP contribution in [0.3, 0.4) is 0 Å². The van der Waals surface area contributed by atoms with E-state index in [9.17, 15) is 4.79 Å². The van der Waals surface area contributed by atoms with Crippen molar-refractivity contribution in [2.45, 2.75) is 44.8 Å². The Kier molecular flexibility index (Phi) is 6.43. The Morgan fingerprint density at radius 1 is 1.17 bits per heavy atom. The second kappa shape index (κ2) is 8.33. The fourth-order valence-electron chi connectivity index (χ4n) is 2.47. The average molecular weight is 347 g/mol. The summed E-state index contributed by atoms with van der Waals surface area (Å²) >= 11 is 1.39. The van der Waals surface area contributed by atoms with Crippen LogP contribution in [0.1, 0.15) is 50.8 Å². The van der Waals surface area contributed by atoms with Gasteiger partial charge in [-0.3, -0.25) is 4.79 Å². The maximum atomic E-state index is 12.3. The summed E-state index contributed by atoms with van der Waals surface area (Å²) < 4.78 is 1.81. The van der Waals surface area contributed by atoms with E-state index in [0.717, 1.165) is 10.7 Å². The van der Waals surface area contributed by atoms with Crippen LogP contribution in [0.5, 0.6) is 0 Å². The third-order valence-corrected chi connectivity index (χ3v) is 4.98. The molecule has 0 fully saturated rings. The normalized spacial score (nSPS) is 12.6. The number of nitrogens with zero attached hydrogens (tertiary/aromatic N) is 3. The van der Waals surface area contributed by atoms with E-state index in [4.69, 9.17) is 0 Å². The van der Waals surface area contributed by atoms with Gasteiger partial charge in [0.15, 0.2) is 5.16 Å². The molecule has 0 aliphatic carbocycles. The van der Waals surface area contributed by atoms with Crippen molar-refractivity contribution in [1.29, 1.82) is 0 Å². The zero-order valence-electron chi connectivity index (χ0n) is 15.0. The molecule has 1 N–H and O–H groups in total. The zero-order valence-corrected chi connectivity index (χ0v) is 15.8. The first-order valence-corrected chi connectivity index (χ1v) is 9.23. The zero-order chi connectivity index (χ0) is 17.7. The van der Waals surface area contributed by atoms with Gasteiger partial charge in [0.2, 0.25) is 5.91 Å². The molecule has 1 heterocycles. The standard InChI is InChI=1S/C18H26N4OS/c1-12(2)14-6-8-15(9-7-14)17(13(3)4)20-16(23)10-24-18-21-19-11-22(18)5/h6-9,11-13,17H,10H2,1-5H3,(H,20,23)/t17-/m1/s1. The molecule has 1 amide bonds. The van der Waals surface area contributed by atoms with E-state index in [1.165, 1.54) is 17.3 Å². The van der Waals surface area contributed by atoms with Crippen LogP contribution in [-0.4, -0.2) is 26.4 Å². The molecule has 6 heteroatoms. The van der Waals surface area contributed by atoms with Crippen molar-refractivity contribution >= 4 is 17.7 Å². The Hall–Kier alpha value is -1.82. The molecule has 24 heavy (non-hydrogen) atoms. The number of hydrogen-bond acceptors (Lipinski definition) is 4. The number of carbonyl (C=O) groups excluding carboxylic acids is 1. The molecule has 0 radical (unpaired) electrons. The maximum absolute atomic E-state index is 12.3. The van der Waals surface area contributed by atoms with Crippen molar-refractivity contribution < 1.29 is 4.79 Å². The lowest BCUT2D eigenvalue weighted by Crippen LogP contribution is -2.33. The highest BCUT2D eigenvalue weighted by Gasteiger charge is 2.19. The van der Waals surface area contributed by atoms with E-state index in [1.807, 2.05) is 11.6 Å².